The van der Waals surface area contributed by atoms with Crippen LogP contribution in [0.25, 0.3) is 5.76 Å². The maximum Gasteiger partial charge on any atom is 0.366 e. The largest absolute Gasteiger partial charge is 0.457 e. The normalized spacial score (nSPS) is 16.4. The van der Waals surface area contributed by atoms with Gasteiger partial charge in [-0.2, -0.15) is 0 Å². The van der Waals surface area contributed by atoms with Crippen LogP contribution < -0.4 is 0 Å². The molecule has 1 aromatic heterocycles. The van der Waals surface area contributed by atoms with Crippen molar-refractivity contribution in [2.24, 2.45) is 0 Å². The van der Waals surface area contributed by atoms with Crippen molar-refractivity contribution in [3.05, 3.63) is 23.8 Å². The fourth-order valence-corrected chi connectivity index (χ4v) is 1.33. The summed E-state index contributed by atoms with van der Waals surface area (Å²) in [5.41, 5.74) is -0.433. The number of ether oxygens (including phenoxy) is 2. The average Bonchev–Trinajstić information content (AvgIpc) is 2.54. The number of hydrogen-bond donors (Lipinski definition) is 0. The topological polar surface area (TPSA) is 91.3 Å². The van der Waals surface area contributed by atoms with Gasteiger partial charge in [-0.3, -0.25) is 0 Å². The second-order valence-electron chi connectivity index (χ2n) is 4.59. The summed E-state index contributed by atoms with van der Waals surface area (Å²) < 4.78 is 9.95. The summed E-state index contributed by atoms with van der Waals surface area (Å²) in [6.07, 6.45) is 2.24. The first-order valence-corrected chi connectivity index (χ1v) is 5.22. The third-order valence-electron chi connectivity index (χ3n) is 1.91. The predicted octanol–water partition coefficient (Wildman–Crippen LogP) is 0.725. The van der Waals surface area contributed by atoms with Crippen LogP contribution in [0.1, 0.15) is 37.0 Å². The summed E-state index contributed by atoms with van der Waals surface area (Å²) in [5.74, 6) is -1.27. The molecule has 0 N–H and O–H groups in total. The van der Waals surface area contributed by atoms with Gasteiger partial charge in [0.1, 0.15) is 17.6 Å². The van der Waals surface area contributed by atoms with Crippen LogP contribution >= 0.6 is 0 Å². The molecule has 0 aromatic carbocycles. The first-order valence-electron chi connectivity index (χ1n) is 5.22. The van der Waals surface area contributed by atoms with Crippen LogP contribution in [0.15, 0.2) is 12.4 Å². The van der Waals surface area contributed by atoms with Crippen molar-refractivity contribution in [1.29, 1.82) is 0 Å². The lowest BCUT2D eigenvalue weighted by Crippen LogP contribution is -2.22. The molecular formula is C11H11N3O4. The number of fused-ring (bicyclic) bond motifs is 1. The zero-order chi connectivity index (χ0) is 13.3. The van der Waals surface area contributed by atoms with Crippen LogP contribution in [-0.2, 0) is 14.3 Å². The molecule has 0 radical (unpaired) electrons. The molecule has 7 nitrogen and oxygen atoms in total. The molecule has 0 fully saturated rings. The van der Waals surface area contributed by atoms with Crippen LogP contribution in [0.5, 0.6) is 0 Å². The Bertz CT molecular complexity index is 545. The van der Waals surface area contributed by atoms with Gasteiger partial charge in [-0.05, 0) is 20.8 Å². The zero-order valence-corrected chi connectivity index (χ0v) is 10.1. The lowest BCUT2D eigenvalue weighted by molar-refractivity contribution is -0.148. The van der Waals surface area contributed by atoms with Crippen LogP contribution in [0.3, 0.4) is 0 Å². The van der Waals surface area contributed by atoms with Gasteiger partial charge in [0.2, 0.25) is 5.69 Å². The van der Waals surface area contributed by atoms with Crippen molar-refractivity contribution < 1.29 is 19.1 Å². The second kappa shape index (κ2) is 4.17. The van der Waals surface area contributed by atoms with E-state index in [1.54, 1.807) is 20.8 Å². The third-order valence-corrected chi connectivity index (χ3v) is 1.91. The summed E-state index contributed by atoms with van der Waals surface area (Å²) in [5, 5.41) is 7.07. The molecule has 0 amide bonds. The van der Waals surface area contributed by atoms with Gasteiger partial charge in [-0.15, -0.1) is 10.2 Å². The number of hydrogen-bond acceptors (Lipinski definition) is 7. The van der Waals surface area contributed by atoms with Crippen LogP contribution in [0, 0.1) is 0 Å². The first-order chi connectivity index (χ1) is 8.37. The molecule has 0 saturated carbocycles. The summed E-state index contributed by atoms with van der Waals surface area (Å²) in [7, 11) is 0. The molecular weight excluding hydrogens is 238 g/mol. The Morgan fingerprint density at radius 3 is 2.78 bits per heavy atom. The lowest BCUT2D eigenvalue weighted by Gasteiger charge is -2.18. The number of esters is 2. The smallest absolute Gasteiger partial charge is 0.366 e. The number of carbonyl (C=O) groups is 2. The minimum Gasteiger partial charge on any atom is -0.457 e. The highest BCUT2D eigenvalue weighted by Crippen LogP contribution is 2.25. The van der Waals surface area contributed by atoms with E-state index in [9.17, 15) is 9.59 Å². The predicted molar refractivity (Wildman–Crippen MR) is 59.1 cm³/mol. The third kappa shape index (κ3) is 2.50. The molecule has 2 heterocycles. The molecule has 0 bridgehead atoms. The first kappa shape index (κ1) is 12.2. The van der Waals surface area contributed by atoms with Crippen molar-refractivity contribution >= 4 is 17.7 Å². The van der Waals surface area contributed by atoms with Crippen LogP contribution in [0.2, 0.25) is 0 Å². The molecule has 1 aliphatic rings. The van der Waals surface area contributed by atoms with Gasteiger partial charge in [0.15, 0.2) is 5.76 Å². The van der Waals surface area contributed by atoms with E-state index in [-0.39, 0.29) is 17.1 Å². The van der Waals surface area contributed by atoms with E-state index in [1.807, 2.05) is 0 Å². The molecule has 18 heavy (non-hydrogen) atoms. The Labute approximate surface area is 103 Å². The van der Waals surface area contributed by atoms with E-state index in [2.05, 4.69) is 15.2 Å². The highest BCUT2D eigenvalue weighted by Gasteiger charge is 2.31. The molecule has 7 heteroatoms. The Kier molecular flexibility index (Phi) is 2.82. The average molecular weight is 249 g/mol. The fraction of sp³-hybridized carbons (Fsp3) is 0.364. The Morgan fingerprint density at radius 2 is 2.11 bits per heavy atom. The van der Waals surface area contributed by atoms with Gasteiger partial charge in [0, 0.05) is 0 Å². The molecule has 0 saturated heterocycles. The number of aromatic nitrogens is 3. The molecule has 2 rings (SSSR count). The molecule has 0 unspecified atom stereocenters. The van der Waals surface area contributed by atoms with E-state index < -0.39 is 17.5 Å². The van der Waals surface area contributed by atoms with E-state index >= 15 is 0 Å². The van der Waals surface area contributed by atoms with Crippen LogP contribution in [0.4, 0.5) is 0 Å². The number of cyclic esters (lactones) is 1. The monoisotopic (exact) mass is 249 g/mol. The van der Waals surface area contributed by atoms with Crippen molar-refractivity contribution in [2.45, 2.75) is 26.4 Å². The van der Waals surface area contributed by atoms with Crippen molar-refractivity contribution in [3.63, 3.8) is 0 Å². The molecule has 0 atom stereocenters. The quantitative estimate of drug-likeness (QED) is 0.535. The number of rotatable bonds is 1. The van der Waals surface area contributed by atoms with E-state index in [0.29, 0.717) is 0 Å². The lowest BCUT2D eigenvalue weighted by atomic mass is 10.2. The number of nitrogens with zero attached hydrogens (tertiary/aromatic N) is 3. The van der Waals surface area contributed by atoms with E-state index in [0.717, 1.165) is 6.08 Å². The molecule has 1 aliphatic heterocycles. The highest BCUT2D eigenvalue weighted by atomic mass is 16.6. The maximum atomic E-state index is 11.6. The van der Waals surface area contributed by atoms with Gasteiger partial charge in [-0.25, -0.2) is 14.6 Å². The molecule has 94 valence electrons. The summed E-state index contributed by atoms with van der Waals surface area (Å²) in [6.45, 7) is 5.21. The van der Waals surface area contributed by atoms with E-state index in [4.69, 9.17) is 9.47 Å². The van der Waals surface area contributed by atoms with Crippen molar-refractivity contribution in [3.8, 4) is 0 Å². The van der Waals surface area contributed by atoms with Gasteiger partial charge < -0.3 is 9.47 Å². The van der Waals surface area contributed by atoms with Crippen LogP contribution in [-0.4, -0.2) is 32.7 Å². The summed E-state index contributed by atoms with van der Waals surface area (Å²) in [6, 6.07) is 0. The SMILES string of the molecule is CC(C)(C)OC(=O)C=C1OC(=O)c2nncnc21. The number of carbonyl (C=O) groups excluding carboxylic acids is 2. The zero-order valence-electron chi connectivity index (χ0n) is 10.1. The van der Waals surface area contributed by atoms with E-state index in [1.165, 1.54) is 6.33 Å². The minimum atomic E-state index is -0.680. The minimum absolute atomic E-state index is 0.00712. The summed E-state index contributed by atoms with van der Waals surface area (Å²) >= 11 is 0. The van der Waals surface area contributed by atoms with Gasteiger partial charge in [0.05, 0.1) is 6.08 Å². The standard InChI is InChI=1S/C11H11N3O4/c1-11(2,3)18-7(15)4-6-8-9(10(16)17-6)14-13-5-12-8/h4-5H,1-3H3. The fourth-order valence-electron chi connectivity index (χ4n) is 1.33. The van der Waals surface area contributed by atoms with Gasteiger partial charge >= 0.3 is 11.9 Å². The van der Waals surface area contributed by atoms with Crippen molar-refractivity contribution in [2.75, 3.05) is 0 Å². The highest BCUT2D eigenvalue weighted by molar-refractivity contribution is 6.03. The van der Waals surface area contributed by atoms with Gasteiger partial charge in [-0.1, -0.05) is 0 Å². The van der Waals surface area contributed by atoms with Gasteiger partial charge in [0.25, 0.3) is 0 Å². The second-order valence-corrected chi connectivity index (χ2v) is 4.59. The van der Waals surface area contributed by atoms with Crippen molar-refractivity contribution in [1.82, 2.24) is 15.2 Å². The maximum absolute atomic E-state index is 11.6. The Morgan fingerprint density at radius 1 is 1.39 bits per heavy atom. The molecule has 1 aromatic rings. The molecule has 0 spiro atoms. The summed E-state index contributed by atoms with van der Waals surface area (Å²) in [4.78, 5) is 26.8. The Balaban J connectivity index is 2.27. The molecule has 0 aliphatic carbocycles. The Hall–Kier alpha value is -2.31.